The lowest BCUT2D eigenvalue weighted by Gasteiger charge is -2.24. The van der Waals surface area contributed by atoms with Gasteiger partial charge < -0.3 is 10.1 Å². The molecule has 1 aliphatic rings. The van der Waals surface area contributed by atoms with Crippen molar-refractivity contribution in [2.75, 3.05) is 11.9 Å². The minimum Gasteiger partial charge on any atom is -0.454 e. The summed E-state index contributed by atoms with van der Waals surface area (Å²) in [6, 6.07) is 21.7. The van der Waals surface area contributed by atoms with Gasteiger partial charge in [0, 0.05) is 12.1 Å². The molecule has 4 rings (SSSR count). The van der Waals surface area contributed by atoms with E-state index in [4.69, 9.17) is 4.74 Å². The number of imide groups is 1. The Hall–Kier alpha value is -4.26. The fraction of sp³-hybridized carbons (Fsp3) is 0.214. The Kier molecular flexibility index (Phi) is 7.06. The predicted octanol–water partition coefficient (Wildman–Crippen LogP) is 4.20. The predicted molar refractivity (Wildman–Crippen MR) is 131 cm³/mol. The normalized spacial score (nSPS) is 13.5. The van der Waals surface area contributed by atoms with Crippen LogP contribution in [0.1, 0.15) is 51.6 Å². The number of hydrogen-bond acceptors (Lipinski definition) is 5. The molecular weight excluding hydrogens is 444 g/mol. The van der Waals surface area contributed by atoms with Crippen molar-refractivity contribution >= 4 is 29.4 Å². The molecule has 1 aliphatic heterocycles. The fourth-order valence-electron chi connectivity index (χ4n) is 4.14. The highest BCUT2D eigenvalue weighted by atomic mass is 16.5. The highest BCUT2D eigenvalue weighted by molar-refractivity contribution is 6.22. The molecule has 0 fully saturated rings. The SMILES string of the molecule is CC(C)c1ccccc1NC(=O)COC(=O)C(Cc1ccccc1)N1C(=O)c2ccccc2C1=O. The zero-order chi connectivity index (χ0) is 24.9. The van der Waals surface area contributed by atoms with Gasteiger partial charge in [0.15, 0.2) is 6.61 Å². The Balaban J connectivity index is 1.51. The number of ether oxygens (including phenoxy) is 1. The van der Waals surface area contributed by atoms with E-state index in [1.807, 2.05) is 38.1 Å². The van der Waals surface area contributed by atoms with Crippen LogP contribution in [0.25, 0.3) is 0 Å². The van der Waals surface area contributed by atoms with Gasteiger partial charge in [-0.1, -0.05) is 74.5 Å². The maximum absolute atomic E-state index is 13.2. The number of nitrogens with zero attached hydrogens (tertiary/aromatic N) is 1. The Bertz CT molecular complexity index is 1230. The summed E-state index contributed by atoms with van der Waals surface area (Å²) >= 11 is 0. The molecule has 0 aliphatic carbocycles. The van der Waals surface area contributed by atoms with Crippen LogP contribution in [-0.4, -0.2) is 41.2 Å². The van der Waals surface area contributed by atoms with E-state index in [0.29, 0.717) is 5.69 Å². The summed E-state index contributed by atoms with van der Waals surface area (Å²) in [7, 11) is 0. The van der Waals surface area contributed by atoms with Gasteiger partial charge in [-0.3, -0.25) is 19.3 Å². The third kappa shape index (κ3) is 5.14. The van der Waals surface area contributed by atoms with Crippen molar-refractivity contribution < 1.29 is 23.9 Å². The number of carbonyl (C=O) groups is 4. The van der Waals surface area contributed by atoms with Crippen molar-refractivity contribution in [2.45, 2.75) is 32.2 Å². The molecule has 3 amide bonds. The van der Waals surface area contributed by atoms with Gasteiger partial charge in [0.1, 0.15) is 6.04 Å². The standard InChI is InChI=1S/C28H26N2O5/c1-18(2)20-12-8-9-15-23(20)29-25(31)17-35-28(34)24(16-19-10-4-3-5-11-19)30-26(32)21-13-6-7-14-22(21)27(30)33/h3-15,18,24H,16-17H2,1-2H3,(H,29,31). The van der Waals surface area contributed by atoms with Crippen LogP contribution in [0.3, 0.4) is 0 Å². The lowest BCUT2D eigenvalue weighted by molar-refractivity contribution is -0.151. The van der Waals surface area contributed by atoms with Gasteiger partial charge >= 0.3 is 5.97 Å². The second kappa shape index (κ2) is 10.3. The summed E-state index contributed by atoms with van der Waals surface area (Å²) in [4.78, 5) is 52.7. The summed E-state index contributed by atoms with van der Waals surface area (Å²) in [6.07, 6.45) is 0.0724. The van der Waals surface area contributed by atoms with Crippen LogP contribution in [0.2, 0.25) is 0 Å². The van der Waals surface area contributed by atoms with E-state index >= 15 is 0 Å². The number of hydrogen-bond donors (Lipinski definition) is 1. The monoisotopic (exact) mass is 470 g/mol. The van der Waals surface area contributed by atoms with E-state index in [9.17, 15) is 19.2 Å². The van der Waals surface area contributed by atoms with Crippen molar-refractivity contribution in [3.63, 3.8) is 0 Å². The third-order valence-corrected chi connectivity index (χ3v) is 5.88. The topological polar surface area (TPSA) is 92.8 Å². The van der Waals surface area contributed by atoms with Crippen LogP contribution in [0.5, 0.6) is 0 Å². The second-order valence-electron chi connectivity index (χ2n) is 8.63. The fourth-order valence-corrected chi connectivity index (χ4v) is 4.14. The van der Waals surface area contributed by atoms with Crippen molar-refractivity contribution in [1.29, 1.82) is 0 Å². The molecule has 35 heavy (non-hydrogen) atoms. The van der Waals surface area contributed by atoms with E-state index in [-0.39, 0.29) is 23.5 Å². The molecule has 178 valence electrons. The number of para-hydroxylation sites is 1. The third-order valence-electron chi connectivity index (χ3n) is 5.88. The molecule has 1 heterocycles. The van der Waals surface area contributed by atoms with Crippen molar-refractivity contribution in [1.82, 2.24) is 4.90 Å². The molecule has 0 aromatic heterocycles. The van der Waals surface area contributed by atoms with Crippen LogP contribution >= 0.6 is 0 Å². The Morgan fingerprint density at radius 1 is 0.829 bits per heavy atom. The van der Waals surface area contributed by atoms with Crippen LogP contribution in [0.15, 0.2) is 78.9 Å². The number of amides is 3. The number of fused-ring (bicyclic) bond motifs is 1. The van der Waals surface area contributed by atoms with E-state index in [2.05, 4.69) is 5.32 Å². The first-order valence-corrected chi connectivity index (χ1v) is 11.4. The largest absolute Gasteiger partial charge is 0.454 e. The minimum atomic E-state index is -1.21. The summed E-state index contributed by atoms with van der Waals surface area (Å²) < 4.78 is 5.32. The second-order valence-corrected chi connectivity index (χ2v) is 8.63. The number of esters is 1. The van der Waals surface area contributed by atoms with Crippen LogP contribution < -0.4 is 5.32 Å². The number of rotatable bonds is 8. The zero-order valence-corrected chi connectivity index (χ0v) is 19.6. The molecular formula is C28H26N2O5. The minimum absolute atomic E-state index is 0.0724. The highest BCUT2D eigenvalue weighted by Crippen LogP contribution is 2.27. The zero-order valence-electron chi connectivity index (χ0n) is 19.6. The van der Waals surface area contributed by atoms with Gasteiger partial charge in [-0.2, -0.15) is 0 Å². The van der Waals surface area contributed by atoms with Crippen molar-refractivity contribution in [2.24, 2.45) is 0 Å². The summed E-state index contributed by atoms with van der Waals surface area (Å²) in [5.41, 5.74) is 2.84. The average molecular weight is 471 g/mol. The Morgan fingerprint density at radius 2 is 1.40 bits per heavy atom. The van der Waals surface area contributed by atoms with Gasteiger partial charge in [0.25, 0.3) is 17.7 Å². The van der Waals surface area contributed by atoms with Crippen LogP contribution in [-0.2, 0) is 20.7 Å². The van der Waals surface area contributed by atoms with E-state index in [1.165, 1.54) is 0 Å². The first-order valence-electron chi connectivity index (χ1n) is 11.4. The number of anilines is 1. The molecule has 1 unspecified atom stereocenters. The molecule has 7 heteroatoms. The van der Waals surface area contributed by atoms with E-state index in [0.717, 1.165) is 16.0 Å². The lowest BCUT2D eigenvalue weighted by Crippen LogP contribution is -2.47. The quantitative estimate of drug-likeness (QED) is 0.394. The summed E-state index contributed by atoms with van der Waals surface area (Å²) in [5, 5.41) is 2.77. The summed E-state index contributed by atoms with van der Waals surface area (Å²) in [5.74, 6) is -2.25. The number of carbonyl (C=O) groups excluding carboxylic acids is 4. The molecule has 0 saturated heterocycles. The molecule has 3 aromatic rings. The maximum Gasteiger partial charge on any atom is 0.330 e. The molecule has 1 N–H and O–H groups in total. The number of nitrogens with one attached hydrogen (secondary N) is 1. The highest BCUT2D eigenvalue weighted by Gasteiger charge is 2.43. The maximum atomic E-state index is 13.2. The molecule has 3 aromatic carbocycles. The van der Waals surface area contributed by atoms with Crippen LogP contribution in [0.4, 0.5) is 5.69 Å². The Morgan fingerprint density at radius 3 is 2.03 bits per heavy atom. The van der Waals surface area contributed by atoms with Crippen molar-refractivity contribution in [3.05, 3.63) is 101 Å². The van der Waals surface area contributed by atoms with Gasteiger partial charge in [-0.05, 0) is 35.2 Å². The Labute approximate surface area is 203 Å². The van der Waals surface area contributed by atoms with Crippen molar-refractivity contribution in [3.8, 4) is 0 Å². The molecule has 0 spiro atoms. The smallest absolute Gasteiger partial charge is 0.330 e. The van der Waals surface area contributed by atoms with Gasteiger partial charge in [0.2, 0.25) is 0 Å². The van der Waals surface area contributed by atoms with Gasteiger partial charge in [-0.25, -0.2) is 4.79 Å². The molecule has 0 radical (unpaired) electrons. The van der Waals surface area contributed by atoms with Gasteiger partial charge in [-0.15, -0.1) is 0 Å². The molecule has 0 saturated carbocycles. The first kappa shape index (κ1) is 23.9. The molecule has 7 nitrogen and oxygen atoms in total. The van der Waals surface area contributed by atoms with Gasteiger partial charge in [0.05, 0.1) is 11.1 Å². The molecule has 0 bridgehead atoms. The summed E-state index contributed by atoms with van der Waals surface area (Å²) in [6.45, 7) is 3.49. The number of benzene rings is 3. The van der Waals surface area contributed by atoms with Crippen LogP contribution in [0, 0.1) is 0 Å². The average Bonchev–Trinajstić information content (AvgIpc) is 3.12. The molecule has 1 atom stereocenters. The first-order chi connectivity index (χ1) is 16.9. The van der Waals surface area contributed by atoms with E-state index < -0.39 is 36.3 Å². The lowest BCUT2D eigenvalue weighted by atomic mass is 10.0. The van der Waals surface area contributed by atoms with E-state index in [1.54, 1.807) is 54.6 Å².